The van der Waals surface area contributed by atoms with Crippen LogP contribution in [0.5, 0.6) is 5.75 Å². The third-order valence-corrected chi connectivity index (χ3v) is 3.23. The fourth-order valence-electron chi connectivity index (χ4n) is 1.75. The van der Waals surface area contributed by atoms with Crippen LogP contribution in [0.15, 0.2) is 40.9 Å². The summed E-state index contributed by atoms with van der Waals surface area (Å²) in [4.78, 5) is 11.5. The van der Waals surface area contributed by atoms with Crippen molar-refractivity contribution in [3.8, 4) is 5.75 Å². The van der Waals surface area contributed by atoms with Gasteiger partial charge in [0, 0.05) is 11.0 Å². The second kappa shape index (κ2) is 6.72. The summed E-state index contributed by atoms with van der Waals surface area (Å²) in [5, 5.41) is 13.8. The quantitative estimate of drug-likeness (QED) is 0.881. The van der Waals surface area contributed by atoms with Crippen LogP contribution in [0.25, 0.3) is 10.8 Å². The van der Waals surface area contributed by atoms with Gasteiger partial charge in [0.15, 0.2) is 6.61 Å². The number of aliphatic hydroxyl groups excluding tert-OH is 1. The number of carbonyl (C=O) groups is 1. The molecule has 0 fully saturated rings. The highest BCUT2D eigenvalue weighted by Gasteiger charge is 2.05. The van der Waals surface area contributed by atoms with Crippen molar-refractivity contribution in [3.63, 3.8) is 0 Å². The van der Waals surface area contributed by atoms with Crippen LogP contribution in [0.3, 0.4) is 0 Å². The summed E-state index contributed by atoms with van der Waals surface area (Å²) in [7, 11) is 0. The third-order valence-electron chi connectivity index (χ3n) is 2.74. The SMILES string of the molecule is CC(O)CNC(=O)COc1ccc2cc(Br)ccc2c1. The lowest BCUT2D eigenvalue weighted by molar-refractivity contribution is -0.123. The van der Waals surface area contributed by atoms with Gasteiger partial charge in [-0.25, -0.2) is 0 Å². The van der Waals surface area contributed by atoms with Crippen molar-refractivity contribution in [1.29, 1.82) is 0 Å². The van der Waals surface area contributed by atoms with Gasteiger partial charge in [-0.3, -0.25) is 4.79 Å². The Labute approximate surface area is 125 Å². The van der Waals surface area contributed by atoms with Gasteiger partial charge in [0.25, 0.3) is 5.91 Å². The van der Waals surface area contributed by atoms with Crippen molar-refractivity contribution in [2.24, 2.45) is 0 Å². The van der Waals surface area contributed by atoms with Crippen molar-refractivity contribution < 1.29 is 14.6 Å². The van der Waals surface area contributed by atoms with Crippen molar-refractivity contribution in [1.82, 2.24) is 5.32 Å². The first-order chi connectivity index (χ1) is 9.54. The number of nitrogens with one attached hydrogen (secondary N) is 1. The van der Waals surface area contributed by atoms with Gasteiger partial charge in [0.1, 0.15) is 5.75 Å². The van der Waals surface area contributed by atoms with E-state index in [0.717, 1.165) is 15.2 Å². The normalized spacial score (nSPS) is 12.2. The third kappa shape index (κ3) is 4.21. The molecule has 2 aromatic rings. The van der Waals surface area contributed by atoms with Crippen molar-refractivity contribution >= 4 is 32.6 Å². The number of carbonyl (C=O) groups excluding carboxylic acids is 1. The Bertz CT molecular complexity index is 613. The minimum Gasteiger partial charge on any atom is -0.484 e. The highest BCUT2D eigenvalue weighted by molar-refractivity contribution is 9.10. The lowest BCUT2D eigenvalue weighted by Crippen LogP contribution is -2.34. The first kappa shape index (κ1) is 14.8. The van der Waals surface area contributed by atoms with Crippen molar-refractivity contribution in [2.45, 2.75) is 13.0 Å². The number of rotatable bonds is 5. The molecule has 1 amide bonds. The average molecular weight is 338 g/mol. The minimum atomic E-state index is -0.557. The lowest BCUT2D eigenvalue weighted by Gasteiger charge is -2.09. The highest BCUT2D eigenvalue weighted by atomic mass is 79.9. The molecule has 0 saturated heterocycles. The molecule has 5 heteroatoms. The predicted molar refractivity (Wildman–Crippen MR) is 81.8 cm³/mol. The van der Waals surface area contributed by atoms with Gasteiger partial charge in [-0.05, 0) is 42.0 Å². The molecule has 1 unspecified atom stereocenters. The Balaban J connectivity index is 1.96. The van der Waals surface area contributed by atoms with Gasteiger partial charge in [-0.1, -0.05) is 28.1 Å². The number of amides is 1. The van der Waals surface area contributed by atoms with E-state index in [0.29, 0.717) is 5.75 Å². The number of halogens is 1. The number of aliphatic hydroxyl groups is 1. The smallest absolute Gasteiger partial charge is 0.258 e. The van der Waals surface area contributed by atoms with E-state index in [9.17, 15) is 4.79 Å². The average Bonchev–Trinajstić information content (AvgIpc) is 2.42. The fraction of sp³-hybridized carbons (Fsp3) is 0.267. The fourth-order valence-corrected chi connectivity index (χ4v) is 2.12. The molecule has 0 heterocycles. The largest absolute Gasteiger partial charge is 0.484 e. The van der Waals surface area contributed by atoms with Gasteiger partial charge in [-0.15, -0.1) is 0 Å². The summed E-state index contributed by atoms with van der Waals surface area (Å²) in [6.07, 6.45) is -0.557. The number of hydrogen-bond acceptors (Lipinski definition) is 3. The number of benzene rings is 2. The molecule has 20 heavy (non-hydrogen) atoms. The molecule has 0 spiro atoms. The van der Waals surface area contributed by atoms with Crippen LogP contribution >= 0.6 is 15.9 Å². The van der Waals surface area contributed by atoms with E-state index in [-0.39, 0.29) is 19.1 Å². The Morgan fingerprint density at radius 1 is 1.30 bits per heavy atom. The van der Waals surface area contributed by atoms with Crippen LogP contribution in [0.1, 0.15) is 6.92 Å². The monoisotopic (exact) mass is 337 g/mol. The second-order valence-electron chi connectivity index (χ2n) is 4.60. The standard InChI is InChI=1S/C15H16BrNO3/c1-10(18)8-17-15(19)9-20-14-5-3-11-6-13(16)4-2-12(11)7-14/h2-7,10,18H,8-9H2,1H3,(H,17,19). The zero-order chi connectivity index (χ0) is 14.5. The summed E-state index contributed by atoms with van der Waals surface area (Å²) in [5.41, 5.74) is 0. The molecule has 1 atom stereocenters. The summed E-state index contributed by atoms with van der Waals surface area (Å²) >= 11 is 3.42. The number of fused-ring (bicyclic) bond motifs is 1. The molecule has 4 nitrogen and oxygen atoms in total. The van der Waals surface area contributed by atoms with Gasteiger partial charge < -0.3 is 15.2 Å². The summed E-state index contributed by atoms with van der Waals surface area (Å²) in [6, 6.07) is 11.6. The maximum atomic E-state index is 11.5. The van der Waals surface area contributed by atoms with Crippen LogP contribution in [-0.2, 0) is 4.79 Å². The zero-order valence-corrected chi connectivity index (χ0v) is 12.7. The summed E-state index contributed by atoms with van der Waals surface area (Å²) in [5.74, 6) is 0.397. The molecule has 0 saturated carbocycles. The molecule has 106 valence electrons. The first-order valence-electron chi connectivity index (χ1n) is 6.31. The second-order valence-corrected chi connectivity index (χ2v) is 5.51. The predicted octanol–water partition coefficient (Wildman–Crippen LogP) is 2.48. The molecule has 0 aliphatic rings. The maximum absolute atomic E-state index is 11.5. The van der Waals surface area contributed by atoms with Gasteiger partial charge in [0.2, 0.25) is 0 Å². The Morgan fingerprint density at radius 2 is 2.00 bits per heavy atom. The molecule has 2 N–H and O–H groups in total. The van der Waals surface area contributed by atoms with Gasteiger partial charge in [-0.2, -0.15) is 0 Å². The summed E-state index contributed by atoms with van der Waals surface area (Å²) in [6.45, 7) is 1.78. The van der Waals surface area contributed by atoms with E-state index in [2.05, 4.69) is 21.2 Å². The van der Waals surface area contributed by atoms with Crippen LogP contribution in [0, 0.1) is 0 Å². The maximum Gasteiger partial charge on any atom is 0.258 e. The number of hydrogen-bond donors (Lipinski definition) is 2. The number of ether oxygens (including phenoxy) is 1. The highest BCUT2D eigenvalue weighted by Crippen LogP contribution is 2.23. The summed E-state index contributed by atoms with van der Waals surface area (Å²) < 4.78 is 6.46. The van der Waals surface area contributed by atoms with Crippen LogP contribution in [0.4, 0.5) is 0 Å². The molecule has 2 rings (SSSR count). The Hall–Kier alpha value is -1.59. The zero-order valence-electron chi connectivity index (χ0n) is 11.1. The Morgan fingerprint density at radius 3 is 2.75 bits per heavy atom. The van der Waals surface area contributed by atoms with E-state index >= 15 is 0 Å². The van der Waals surface area contributed by atoms with E-state index in [1.807, 2.05) is 36.4 Å². The molecule has 2 aromatic carbocycles. The lowest BCUT2D eigenvalue weighted by atomic mass is 10.1. The molecule has 0 bridgehead atoms. The topological polar surface area (TPSA) is 58.6 Å². The van der Waals surface area contributed by atoms with Crippen molar-refractivity contribution in [2.75, 3.05) is 13.2 Å². The molecular weight excluding hydrogens is 322 g/mol. The van der Waals surface area contributed by atoms with Crippen LogP contribution < -0.4 is 10.1 Å². The van der Waals surface area contributed by atoms with E-state index in [1.54, 1.807) is 6.92 Å². The van der Waals surface area contributed by atoms with Gasteiger partial charge in [0.05, 0.1) is 6.10 Å². The molecule has 0 aliphatic heterocycles. The molecular formula is C15H16BrNO3. The Kier molecular flexibility index (Phi) is 4.98. The van der Waals surface area contributed by atoms with E-state index < -0.39 is 6.10 Å². The van der Waals surface area contributed by atoms with E-state index in [4.69, 9.17) is 9.84 Å². The van der Waals surface area contributed by atoms with Crippen molar-refractivity contribution in [3.05, 3.63) is 40.9 Å². The first-order valence-corrected chi connectivity index (χ1v) is 7.11. The molecule has 0 aliphatic carbocycles. The molecule has 0 aromatic heterocycles. The van der Waals surface area contributed by atoms with Crippen LogP contribution in [0.2, 0.25) is 0 Å². The van der Waals surface area contributed by atoms with Gasteiger partial charge >= 0.3 is 0 Å². The minimum absolute atomic E-state index is 0.0608. The van der Waals surface area contributed by atoms with Crippen LogP contribution in [-0.4, -0.2) is 30.3 Å². The van der Waals surface area contributed by atoms with E-state index in [1.165, 1.54) is 0 Å². The molecule has 0 radical (unpaired) electrons.